The first kappa shape index (κ1) is 18.2. The third kappa shape index (κ3) is 8.34. The molecule has 2 amide bonds. The molecule has 0 spiro atoms. The molecule has 0 heterocycles. The molecule has 0 saturated carbocycles. The average molecular weight is 288 g/mol. The highest BCUT2D eigenvalue weighted by molar-refractivity contribution is 5.88. The third-order valence-electron chi connectivity index (χ3n) is 2.22. The molecule has 0 bridgehead atoms. The summed E-state index contributed by atoms with van der Waals surface area (Å²) in [4.78, 5) is 34.5. The standard InChI is InChI=1S/C13H24N2O5/c1-6-7-9(11(17)14-8-10(16)19-5)15-12(18)20-13(2,3)4/h9H,6-8H2,1-5H3,(H,14,17)(H,15,18)/t9-/m0/s1. The van der Waals surface area contributed by atoms with E-state index in [9.17, 15) is 14.4 Å². The average Bonchev–Trinajstić information content (AvgIpc) is 2.32. The summed E-state index contributed by atoms with van der Waals surface area (Å²) in [5.41, 5.74) is -0.636. The summed E-state index contributed by atoms with van der Waals surface area (Å²) in [6.07, 6.45) is 0.488. The molecule has 7 nitrogen and oxygen atoms in total. The number of rotatable bonds is 6. The van der Waals surface area contributed by atoms with Crippen LogP contribution in [0.15, 0.2) is 0 Å². The first-order chi connectivity index (χ1) is 9.19. The Bertz CT molecular complexity index is 349. The van der Waals surface area contributed by atoms with Gasteiger partial charge in [0.25, 0.3) is 0 Å². The van der Waals surface area contributed by atoms with Crippen molar-refractivity contribution in [1.29, 1.82) is 0 Å². The number of carbonyl (C=O) groups excluding carboxylic acids is 3. The maximum Gasteiger partial charge on any atom is 0.408 e. The van der Waals surface area contributed by atoms with Crippen molar-refractivity contribution in [1.82, 2.24) is 10.6 Å². The van der Waals surface area contributed by atoms with Crippen LogP contribution in [0.3, 0.4) is 0 Å². The van der Waals surface area contributed by atoms with E-state index in [1.165, 1.54) is 7.11 Å². The van der Waals surface area contributed by atoms with Gasteiger partial charge in [0.15, 0.2) is 0 Å². The van der Waals surface area contributed by atoms with Crippen molar-refractivity contribution >= 4 is 18.0 Å². The maximum absolute atomic E-state index is 11.9. The number of esters is 1. The molecule has 7 heteroatoms. The van der Waals surface area contributed by atoms with Crippen LogP contribution >= 0.6 is 0 Å². The van der Waals surface area contributed by atoms with Crippen molar-refractivity contribution in [3.05, 3.63) is 0 Å². The van der Waals surface area contributed by atoms with Gasteiger partial charge in [0.1, 0.15) is 18.2 Å². The van der Waals surface area contributed by atoms with Crippen molar-refractivity contribution in [2.75, 3.05) is 13.7 Å². The van der Waals surface area contributed by atoms with E-state index in [-0.39, 0.29) is 6.54 Å². The fraction of sp³-hybridized carbons (Fsp3) is 0.769. The van der Waals surface area contributed by atoms with Crippen LogP contribution in [0.4, 0.5) is 4.79 Å². The number of carbonyl (C=O) groups is 3. The van der Waals surface area contributed by atoms with Gasteiger partial charge in [0.05, 0.1) is 7.11 Å². The second-order valence-electron chi connectivity index (χ2n) is 5.28. The van der Waals surface area contributed by atoms with E-state index in [0.29, 0.717) is 12.8 Å². The molecule has 0 saturated heterocycles. The summed E-state index contributed by atoms with van der Waals surface area (Å²) in [5.74, 6) is -0.992. The molecule has 0 aromatic rings. The predicted molar refractivity (Wildman–Crippen MR) is 73.1 cm³/mol. The Labute approximate surface area is 119 Å². The van der Waals surface area contributed by atoms with Gasteiger partial charge in [-0.1, -0.05) is 13.3 Å². The summed E-state index contributed by atoms with van der Waals surface area (Å²) >= 11 is 0. The minimum Gasteiger partial charge on any atom is -0.468 e. The highest BCUT2D eigenvalue weighted by atomic mass is 16.6. The number of methoxy groups -OCH3 is 1. The molecule has 116 valence electrons. The van der Waals surface area contributed by atoms with E-state index in [1.807, 2.05) is 6.92 Å². The van der Waals surface area contributed by atoms with E-state index in [1.54, 1.807) is 20.8 Å². The first-order valence-corrected chi connectivity index (χ1v) is 6.53. The monoisotopic (exact) mass is 288 g/mol. The molecular formula is C13H24N2O5. The van der Waals surface area contributed by atoms with Gasteiger partial charge < -0.3 is 20.1 Å². The maximum atomic E-state index is 11.9. The molecule has 2 N–H and O–H groups in total. The predicted octanol–water partition coefficient (Wildman–Crippen LogP) is 0.969. The number of alkyl carbamates (subject to hydrolysis) is 1. The fourth-order valence-electron chi connectivity index (χ4n) is 1.36. The topological polar surface area (TPSA) is 93.7 Å². The van der Waals surface area contributed by atoms with E-state index in [4.69, 9.17) is 4.74 Å². The van der Waals surface area contributed by atoms with Gasteiger partial charge >= 0.3 is 12.1 Å². The molecule has 0 aliphatic heterocycles. The minimum absolute atomic E-state index is 0.231. The van der Waals surface area contributed by atoms with Crippen LogP contribution in [0.5, 0.6) is 0 Å². The van der Waals surface area contributed by atoms with Gasteiger partial charge in [0, 0.05) is 0 Å². The summed E-state index contributed by atoms with van der Waals surface area (Å²) in [7, 11) is 1.23. The normalized spacial score (nSPS) is 12.2. The van der Waals surface area contributed by atoms with E-state index in [2.05, 4.69) is 15.4 Å². The van der Waals surface area contributed by atoms with Crippen LogP contribution in [0.1, 0.15) is 40.5 Å². The van der Waals surface area contributed by atoms with Crippen molar-refractivity contribution in [3.63, 3.8) is 0 Å². The molecule has 0 unspecified atom stereocenters. The Morgan fingerprint density at radius 3 is 2.25 bits per heavy atom. The fourth-order valence-corrected chi connectivity index (χ4v) is 1.36. The number of hydrogen-bond acceptors (Lipinski definition) is 5. The van der Waals surface area contributed by atoms with Crippen LogP contribution in [0.2, 0.25) is 0 Å². The number of nitrogens with one attached hydrogen (secondary N) is 2. The Kier molecular flexibility index (Phi) is 7.64. The SMILES string of the molecule is CCC[C@H](NC(=O)OC(C)(C)C)C(=O)NCC(=O)OC. The summed E-state index contributed by atoms with van der Waals surface area (Å²) in [6, 6.07) is -0.737. The molecule has 0 radical (unpaired) electrons. The second kappa shape index (κ2) is 8.39. The molecule has 0 aliphatic rings. The van der Waals surface area contributed by atoms with Crippen LogP contribution in [-0.4, -0.2) is 43.3 Å². The first-order valence-electron chi connectivity index (χ1n) is 6.53. The van der Waals surface area contributed by atoms with Gasteiger partial charge in [-0.3, -0.25) is 9.59 Å². The number of ether oxygens (including phenoxy) is 2. The van der Waals surface area contributed by atoms with Gasteiger partial charge in [-0.25, -0.2) is 4.79 Å². The summed E-state index contributed by atoms with van der Waals surface area (Å²) < 4.78 is 9.51. The lowest BCUT2D eigenvalue weighted by molar-refractivity contribution is -0.141. The van der Waals surface area contributed by atoms with Crippen LogP contribution in [-0.2, 0) is 19.1 Å². The summed E-state index contributed by atoms with van der Waals surface area (Å²) in [6.45, 7) is 6.86. The molecule has 20 heavy (non-hydrogen) atoms. The Hall–Kier alpha value is -1.79. The zero-order valence-corrected chi connectivity index (χ0v) is 12.7. The lowest BCUT2D eigenvalue weighted by atomic mass is 10.1. The molecule has 0 rings (SSSR count). The zero-order chi connectivity index (χ0) is 15.8. The van der Waals surface area contributed by atoms with Crippen LogP contribution in [0.25, 0.3) is 0 Å². The van der Waals surface area contributed by atoms with Gasteiger partial charge in [-0.2, -0.15) is 0 Å². The van der Waals surface area contributed by atoms with Crippen molar-refractivity contribution in [3.8, 4) is 0 Å². The Morgan fingerprint density at radius 1 is 1.20 bits per heavy atom. The van der Waals surface area contributed by atoms with Crippen LogP contribution in [0, 0.1) is 0 Å². The number of amides is 2. The largest absolute Gasteiger partial charge is 0.468 e. The zero-order valence-electron chi connectivity index (χ0n) is 12.7. The van der Waals surface area contributed by atoms with Gasteiger partial charge in [-0.05, 0) is 27.2 Å². The molecule has 0 aromatic carbocycles. The molecule has 0 aromatic heterocycles. The quantitative estimate of drug-likeness (QED) is 0.710. The molecule has 0 aliphatic carbocycles. The van der Waals surface area contributed by atoms with Gasteiger partial charge in [0.2, 0.25) is 5.91 Å². The van der Waals surface area contributed by atoms with E-state index < -0.39 is 29.6 Å². The Balaban J connectivity index is 4.44. The van der Waals surface area contributed by atoms with Crippen molar-refractivity contribution in [2.45, 2.75) is 52.2 Å². The van der Waals surface area contributed by atoms with E-state index in [0.717, 1.165) is 0 Å². The summed E-state index contributed by atoms with van der Waals surface area (Å²) in [5, 5.41) is 4.89. The second-order valence-corrected chi connectivity index (χ2v) is 5.28. The third-order valence-corrected chi connectivity index (χ3v) is 2.22. The van der Waals surface area contributed by atoms with Crippen molar-refractivity contribution in [2.24, 2.45) is 0 Å². The highest BCUT2D eigenvalue weighted by Gasteiger charge is 2.23. The highest BCUT2D eigenvalue weighted by Crippen LogP contribution is 2.07. The molecule has 1 atom stereocenters. The van der Waals surface area contributed by atoms with E-state index >= 15 is 0 Å². The van der Waals surface area contributed by atoms with Crippen molar-refractivity contribution < 1.29 is 23.9 Å². The molecule has 0 fully saturated rings. The number of hydrogen-bond donors (Lipinski definition) is 2. The molecular weight excluding hydrogens is 264 g/mol. The lowest BCUT2D eigenvalue weighted by Gasteiger charge is -2.23. The smallest absolute Gasteiger partial charge is 0.408 e. The van der Waals surface area contributed by atoms with Gasteiger partial charge in [-0.15, -0.1) is 0 Å². The minimum atomic E-state index is -0.737. The lowest BCUT2D eigenvalue weighted by Crippen LogP contribution is -2.49. The Morgan fingerprint density at radius 2 is 1.80 bits per heavy atom. The van der Waals surface area contributed by atoms with Crippen LogP contribution < -0.4 is 10.6 Å².